The minimum absolute atomic E-state index is 0.467. The molecule has 2 nitrogen and oxygen atoms in total. The Hall–Kier alpha value is -0.520. The summed E-state index contributed by atoms with van der Waals surface area (Å²) in [4.78, 5) is 0. The number of rotatable bonds is 4. The van der Waals surface area contributed by atoms with Crippen molar-refractivity contribution in [1.82, 2.24) is 5.32 Å². The van der Waals surface area contributed by atoms with Crippen molar-refractivity contribution in [2.75, 3.05) is 13.1 Å². The first-order valence-electron chi connectivity index (χ1n) is 5.63. The summed E-state index contributed by atoms with van der Waals surface area (Å²) in [6, 6.07) is 0. The second-order valence-corrected chi connectivity index (χ2v) is 4.27. The molecule has 0 radical (unpaired) electrons. The van der Waals surface area contributed by atoms with Gasteiger partial charge in [0.1, 0.15) is 0 Å². The van der Waals surface area contributed by atoms with Crippen LogP contribution in [0, 0.1) is 12.3 Å². The van der Waals surface area contributed by atoms with E-state index in [1.807, 2.05) is 0 Å². The quantitative estimate of drug-likeness (QED) is 0.406. The van der Waals surface area contributed by atoms with E-state index < -0.39 is 5.60 Å². The number of hydrogen-bond donors (Lipinski definition) is 2. The van der Waals surface area contributed by atoms with Crippen LogP contribution in [0.2, 0.25) is 0 Å². The molecular weight excluding hydrogens is 174 g/mol. The summed E-state index contributed by atoms with van der Waals surface area (Å²) in [5.41, 5.74) is -0.467. The second kappa shape index (κ2) is 6.06. The van der Waals surface area contributed by atoms with Gasteiger partial charge in [0.2, 0.25) is 0 Å². The third-order valence-corrected chi connectivity index (χ3v) is 2.93. The minimum atomic E-state index is -0.467. The third-order valence-electron chi connectivity index (χ3n) is 2.93. The number of hydrogen-bond acceptors (Lipinski definition) is 2. The highest BCUT2D eigenvalue weighted by Crippen LogP contribution is 2.26. The van der Waals surface area contributed by atoms with Crippen molar-refractivity contribution < 1.29 is 5.11 Å². The number of nitrogens with one attached hydrogen (secondary N) is 1. The molecule has 0 atom stereocenters. The van der Waals surface area contributed by atoms with Crippen molar-refractivity contribution in [1.29, 1.82) is 0 Å². The number of terminal acetylenes is 1. The van der Waals surface area contributed by atoms with Crippen molar-refractivity contribution in [3.05, 3.63) is 0 Å². The fourth-order valence-electron chi connectivity index (χ4n) is 2.05. The van der Waals surface area contributed by atoms with Gasteiger partial charge in [0.25, 0.3) is 0 Å². The van der Waals surface area contributed by atoms with Gasteiger partial charge in [-0.15, -0.1) is 12.3 Å². The van der Waals surface area contributed by atoms with E-state index in [9.17, 15) is 5.11 Å². The maximum absolute atomic E-state index is 10.2. The van der Waals surface area contributed by atoms with Gasteiger partial charge in [-0.2, -0.15) is 0 Å². The molecule has 1 fully saturated rings. The van der Waals surface area contributed by atoms with Crippen LogP contribution < -0.4 is 5.32 Å². The van der Waals surface area contributed by atoms with E-state index in [0.29, 0.717) is 6.54 Å². The molecule has 0 saturated heterocycles. The lowest BCUT2D eigenvalue weighted by Gasteiger charge is -2.26. The molecule has 0 aromatic carbocycles. The average Bonchev–Trinajstić information content (AvgIpc) is 2.39. The molecule has 0 aromatic heterocycles. The molecule has 14 heavy (non-hydrogen) atoms. The third kappa shape index (κ3) is 4.13. The molecule has 2 N–H and O–H groups in total. The maximum Gasteiger partial charge on any atom is 0.0771 e. The smallest absolute Gasteiger partial charge is 0.0771 e. The van der Waals surface area contributed by atoms with Crippen LogP contribution in [0.15, 0.2) is 0 Å². The predicted molar refractivity (Wildman–Crippen MR) is 59.0 cm³/mol. The van der Waals surface area contributed by atoms with Gasteiger partial charge >= 0.3 is 0 Å². The summed E-state index contributed by atoms with van der Waals surface area (Å²) < 4.78 is 0. The van der Waals surface area contributed by atoms with Crippen LogP contribution in [0.1, 0.15) is 44.9 Å². The summed E-state index contributed by atoms with van der Waals surface area (Å²) in [5.74, 6) is 2.59. The van der Waals surface area contributed by atoms with Gasteiger partial charge in [-0.3, -0.25) is 0 Å². The standard InChI is InChI=1S/C12H21NO/c1-2-3-10-13-11-12(14)8-6-4-5-7-9-12/h1,13-14H,3-11H2. The Morgan fingerprint density at radius 3 is 2.43 bits per heavy atom. The molecule has 1 aliphatic rings. The Labute approximate surface area is 87.1 Å². The minimum Gasteiger partial charge on any atom is -0.389 e. The molecule has 2 heteroatoms. The van der Waals surface area contributed by atoms with Crippen LogP contribution in [0.4, 0.5) is 0 Å². The van der Waals surface area contributed by atoms with E-state index >= 15 is 0 Å². The largest absolute Gasteiger partial charge is 0.389 e. The lowest BCUT2D eigenvalue weighted by atomic mass is 9.94. The molecule has 1 saturated carbocycles. The van der Waals surface area contributed by atoms with E-state index in [4.69, 9.17) is 6.42 Å². The zero-order valence-corrected chi connectivity index (χ0v) is 8.89. The van der Waals surface area contributed by atoms with Crippen molar-refractivity contribution in [2.24, 2.45) is 0 Å². The SMILES string of the molecule is C#CCCNCC1(O)CCCCCC1. The zero-order chi connectivity index (χ0) is 10.3. The van der Waals surface area contributed by atoms with E-state index in [2.05, 4.69) is 11.2 Å². The highest BCUT2D eigenvalue weighted by atomic mass is 16.3. The average molecular weight is 195 g/mol. The molecule has 0 aliphatic heterocycles. The summed E-state index contributed by atoms with van der Waals surface area (Å²) in [6.45, 7) is 1.52. The highest BCUT2D eigenvalue weighted by Gasteiger charge is 2.26. The fourth-order valence-corrected chi connectivity index (χ4v) is 2.05. The predicted octanol–water partition coefficient (Wildman–Crippen LogP) is 1.68. The van der Waals surface area contributed by atoms with Crippen molar-refractivity contribution >= 4 is 0 Å². The monoisotopic (exact) mass is 195 g/mol. The van der Waals surface area contributed by atoms with Crippen LogP contribution in [-0.4, -0.2) is 23.8 Å². The molecule has 0 bridgehead atoms. The first-order valence-corrected chi connectivity index (χ1v) is 5.63. The van der Waals surface area contributed by atoms with E-state index in [-0.39, 0.29) is 0 Å². The van der Waals surface area contributed by atoms with Crippen molar-refractivity contribution in [3.8, 4) is 12.3 Å². The van der Waals surface area contributed by atoms with E-state index in [1.165, 1.54) is 12.8 Å². The van der Waals surface area contributed by atoms with Crippen molar-refractivity contribution in [2.45, 2.75) is 50.5 Å². The molecular formula is C12H21NO. The topological polar surface area (TPSA) is 32.3 Å². The normalized spacial score (nSPS) is 21.1. The van der Waals surface area contributed by atoms with Crippen LogP contribution in [0.25, 0.3) is 0 Å². The lowest BCUT2D eigenvalue weighted by Crippen LogP contribution is -2.40. The lowest BCUT2D eigenvalue weighted by molar-refractivity contribution is 0.0256. The summed E-state index contributed by atoms with van der Waals surface area (Å²) >= 11 is 0. The summed E-state index contributed by atoms with van der Waals surface area (Å²) in [6.07, 6.45) is 12.6. The van der Waals surface area contributed by atoms with Gasteiger partial charge in [0.15, 0.2) is 0 Å². The van der Waals surface area contributed by atoms with Gasteiger partial charge in [-0.05, 0) is 12.8 Å². The van der Waals surface area contributed by atoms with Gasteiger partial charge < -0.3 is 10.4 Å². The van der Waals surface area contributed by atoms with Crippen LogP contribution in [0.5, 0.6) is 0 Å². The maximum atomic E-state index is 10.2. The Morgan fingerprint density at radius 1 is 1.21 bits per heavy atom. The summed E-state index contributed by atoms with van der Waals surface area (Å²) in [5, 5.41) is 13.5. The number of aliphatic hydroxyl groups is 1. The zero-order valence-electron chi connectivity index (χ0n) is 8.89. The Balaban J connectivity index is 2.21. The first kappa shape index (κ1) is 11.6. The Bertz CT molecular complexity index is 187. The first-order chi connectivity index (χ1) is 6.77. The molecule has 0 spiro atoms. The van der Waals surface area contributed by atoms with Crippen LogP contribution in [-0.2, 0) is 0 Å². The second-order valence-electron chi connectivity index (χ2n) is 4.27. The Kier molecular flexibility index (Phi) is 5.00. The molecule has 1 rings (SSSR count). The van der Waals surface area contributed by atoms with Crippen molar-refractivity contribution in [3.63, 3.8) is 0 Å². The van der Waals surface area contributed by atoms with Gasteiger partial charge in [-0.25, -0.2) is 0 Å². The van der Waals surface area contributed by atoms with Gasteiger partial charge in [0, 0.05) is 19.5 Å². The molecule has 1 aliphatic carbocycles. The molecule has 0 amide bonds. The van der Waals surface area contributed by atoms with E-state index in [1.54, 1.807) is 0 Å². The van der Waals surface area contributed by atoms with Crippen LogP contribution >= 0.6 is 0 Å². The van der Waals surface area contributed by atoms with Crippen LogP contribution in [0.3, 0.4) is 0 Å². The van der Waals surface area contributed by atoms with Gasteiger partial charge in [-0.1, -0.05) is 25.7 Å². The molecule has 0 unspecified atom stereocenters. The highest BCUT2D eigenvalue weighted by molar-refractivity contribution is 4.86. The molecule has 0 heterocycles. The van der Waals surface area contributed by atoms with Gasteiger partial charge in [0.05, 0.1) is 5.60 Å². The summed E-state index contributed by atoms with van der Waals surface area (Å²) in [7, 11) is 0. The fraction of sp³-hybridized carbons (Fsp3) is 0.833. The molecule has 80 valence electrons. The Morgan fingerprint density at radius 2 is 1.86 bits per heavy atom. The molecule has 0 aromatic rings. The van der Waals surface area contributed by atoms with E-state index in [0.717, 1.165) is 38.6 Å².